The average molecular weight is 342 g/mol. The number of fused-ring (bicyclic) bond motifs is 1. The fraction of sp³-hybridized carbons (Fsp3) is 0.368. The summed E-state index contributed by atoms with van der Waals surface area (Å²) in [5.41, 5.74) is 2.74. The maximum Gasteiger partial charge on any atom is 0.255 e. The zero-order valence-electron chi connectivity index (χ0n) is 14.5. The number of furan rings is 1. The molecule has 2 heterocycles. The van der Waals surface area contributed by atoms with Crippen molar-refractivity contribution < 1.29 is 18.7 Å². The SMILES string of the molecule is CCOc1ccc2c(c1)CN(C(=O)[C@@H](C)NC(=O)c1ccoc1)CC2. The lowest BCUT2D eigenvalue weighted by atomic mass is 9.99. The van der Waals surface area contributed by atoms with Gasteiger partial charge in [-0.15, -0.1) is 0 Å². The van der Waals surface area contributed by atoms with Crippen LogP contribution in [0.2, 0.25) is 0 Å². The summed E-state index contributed by atoms with van der Waals surface area (Å²) in [6.45, 7) is 5.43. The molecule has 3 rings (SSSR count). The van der Waals surface area contributed by atoms with E-state index in [4.69, 9.17) is 9.15 Å². The van der Waals surface area contributed by atoms with Crippen molar-refractivity contribution in [1.29, 1.82) is 0 Å². The van der Waals surface area contributed by atoms with Crippen molar-refractivity contribution in [2.45, 2.75) is 32.9 Å². The van der Waals surface area contributed by atoms with Crippen LogP contribution in [0.5, 0.6) is 5.75 Å². The lowest BCUT2D eigenvalue weighted by Crippen LogP contribution is -2.48. The van der Waals surface area contributed by atoms with Gasteiger partial charge < -0.3 is 19.4 Å². The second-order valence-corrected chi connectivity index (χ2v) is 6.08. The lowest BCUT2D eigenvalue weighted by molar-refractivity contribution is -0.133. The Morgan fingerprint density at radius 3 is 2.88 bits per heavy atom. The van der Waals surface area contributed by atoms with Crippen molar-refractivity contribution in [1.82, 2.24) is 10.2 Å². The first-order valence-corrected chi connectivity index (χ1v) is 8.45. The minimum absolute atomic E-state index is 0.0932. The van der Waals surface area contributed by atoms with Gasteiger partial charge in [-0.05, 0) is 49.6 Å². The summed E-state index contributed by atoms with van der Waals surface area (Å²) < 4.78 is 10.4. The van der Waals surface area contributed by atoms with Crippen LogP contribution in [-0.2, 0) is 17.8 Å². The smallest absolute Gasteiger partial charge is 0.255 e. The fourth-order valence-electron chi connectivity index (χ4n) is 2.99. The zero-order valence-corrected chi connectivity index (χ0v) is 14.5. The molecule has 2 amide bonds. The van der Waals surface area contributed by atoms with E-state index in [0.717, 1.165) is 17.7 Å². The van der Waals surface area contributed by atoms with E-state index in [9.17, 15) is 9.59 Å². The number of carbonyl (C=O) groups excluding carboxylic acids is 2. The number of ether oxygens (including phenoxy) is 1. The molecule has 1 aliphatic heterocycles. The summed E-state index contributed by atoms with van der Waals surface area (Å²) in [4.78, 5) is 26.5. The molecule has 0 bridgehead atoms. The number of nitrogens with one attached hydrogen (secondary N) is 1. The molecular formula is C19H22N2O4. The normalized spacial score (nSPS) is 14.6. The number of rotatable bonds is 5. The van der Waals surface area contributed by atoms with Gasteiger partial charge in [0.2, 0.25) is 5.91 Å². The average Bonchev–Trinajstić information content (AvgIpc) is 3.15. The van der Waals surface area contributed by atoms with Crippen LogP contribution < -0.4 is 10.1 Å². The van der Waals surface area contributed by atoms with Gasteiger partial charge in [0.1, 0.15) is 18.1 Å². The Bertz CT molecular complexity index is 755. The third-order valence-electron chi connectivity index (χ3n) is 4.31. The largest absolute Gasteiger partial charge is 0.494 e. The van der Waals surface area contributed by atoms with E-state index in [1.807, 2.05) is 19.1 Å². The molecule has 6 nitrogen and oxygen atoms in total. The van der Waals surface area contributed by atoms with E-state index in [0.29, 0.717) is 25.3 Å². The quantitative estimate of drug-likeness (QED) is 0.905. The summed E-state index contributed by atoms with van der Waals surface area (Å²) in [5.74, 6) is 0.409. The highest BCUT2D eigenvalue weighted by Gasteiger charge is 2.26. The summed E-state index contributed by atoms with van der Waals surface area (Å²) >= 11 is 0. The van der Waals surface area contributed by atoms with Crippen LogP contribution in [0.15, 0.2) is 41.2 Å². The maximum atomic E-state index is 12.7. The van der Waals surface area contributed by atoms with E-state index in [1.54, 1.807) is 17.9 Å². The van der Waals surface area contributed by atoms with Crippen molar-refractivity contribution in [3.8, 4) is 5.75 Å². The van der Waals surface area contributed by atoms with Gasteiger partial charge in [-0.25, -0.2) is 0 Å². The molecule has 0 spiro atoms. The molecule has 1 aromatic carbocycles. The van der Waals surface area contributed by atoms with Crippen molar-refractivity contribution in [3.63, 3.8) is 0 Å². The van der Waals surface area contributed by atoms with Gasteiger partial charge in [-0.3, -0.25) is 9.59 Å². The van der Waals surface area contributed by atoms with Crippen molar-refractivity contribution in [2.24, 2.45) is 0 Å². The molecule has 1 aliphatic rings. The van der Waals surface area contributed by atoms with Crippen LogP contribution in [0.3, 0.4) is 0 Å². The molecule has 6 heteroatoms. The Morgan fingerprint density at radius 2 is 2.16 bits per heavy atom. The first kappa shape index (κ1) is 17.1. The number of hydrogen-bond donors (Lipinski definition) is 1. The molecular weight excluding hydrogens is 320 g/mol. The third-order valence-corrected chi connectivity index (χ3v) is 4.31. The highest BCUT2D eigenvalue weighted by molar-refractivity contribution is 5.97. The van der Waals surface area contributed by atoms with Gasteiger partial charge >= 0.3 is 0 Å². The summed E-state index contributed by atoms with van der Waals surface area (Å²) in [6, 6.07) is 6.99. The van der Waals surface area contributed by atoms with Gasteiger partial charge in [0.15, 0.2) is 0 Å². The first-order chi connectivity index (χ1) is 12.1. The van der Waals surface area contributed by atoms with Gasteiger partial charge in [0.05, 0.1) is 18.4 Å². The Balaban J connectivity index is 1.65. The molecule has 0 radical (unpaired) electrons. The molecule has 1 N–H and O–H groups in total. The standard InChI is InChI=1S/C19H22N2O4/c1-3-25-17-5-4-14-6-8-21(11-16(14)10-17)19(23)13(2)20-18(22)15-7-9-24-12-15/h4-5,7,9-10,12-13H,3,6,8,11H2,1-2H3,(H,20,22)/t13-/m1/s1. The Hall–Kier alpha value is -2.76. The van der Waals surface area contributed by atoms with E-state index in [1.165, 1.54) is 18.1 Å². The molecule has 25 heavy (non-hydrogen) atoms. The maximum absolute atomic E-state index is 12.7. The van der Waals surface area contributed by atoms with E-state index < -0.39 is 6.04 Å². The van der Waals surface area contributed by atoms with Crippen LogP contribution >= 0.6 is 0 Å². The van der Waals surface area contributed by atoms with Gasteiger partial charge in [-0.1, -0.05) is 6.07 Å². The molecule has 2 aromatic rings. The topological polar surface area (TPSA) is 71.8 Å². The molecule has 0 aliphatic carbocycles. The molecule has 1 aromatic heterocycles. The monoisotopic (exact) mass is 342 g/mol. The number of amides is 2. The minimum Gasteiger partial charge on any atom is -0.494 e. The molecule has 132 valence electrons. The fourth-order valence-corrected chi connectivity index (χ4v) is 2.99. The Labute approximate surface area is 146 Å². The second kappa shape index (κ2) is 7.42. The number of benzene rings is 1. The molecule has 0 fully saturated rings. The van der Waals surface area contributed by atoms with Gasteiger partial charge in [-0.2, -0.15) is 0 Å². The number of nitrogens with zero attached hydrogens (tertiary/aromatic N) is 1. The zero-order chi connectivity index (χ0) is 17.8. The summed E-state index contributed by atoms with van der Waals surface area (Å²) in [5, 5.41) is 2.72. The van der Waals surface area contributed by atoms with Crippen molar-refractivity contribution >= 4 is 11.8 Å². The third kappa shape index (κ3) is 3.84. The van der Waals surface area contributed by atoms with Gasteiger partial charge in [0.25, 0.3) is 5.91 Å². The molecule has 0 saturated carbocycles. The molecule has 0 saturated heterocycles. The predicted molar refractivity (Wildman–Crippen MR) is 92.4 cm³/mol. The highest BCUT2D eigenvalue weighted by atomic mass is 16.5. The minimum atomic E-state index is -0.598. The second-order valence-electron chi connectivity index (χ2n) is 6.08. The lowest BCUT2D eigenvalue weighted by Gasteiger charge is -2.31. The van der Waals surface area contributed by atoms with E-state index in [2.05, 4.69) is 11.4 Å². The van der Waals surface area contributed by atoms with Crippen molar-refractivity contribution in [2.75, 3.05) is 13.2 Å². The number of carbonyl (C=O) groups is 2. The van der Waals surface area contributed by atoms with Gasteiger partial charge in [0, 0.05) is 13.1 Å². The molecule has 1 atom stereocenters. The van der Waals surface area contributed by atoms with Crippen molar-refractivity contribution in [3.05, 3.63) is 53.5 Å². The summed E-state index contributed by atoms with van der Waals surface area (Å²) in [7, 11) is 0. The van der Waals surface area contributed by atoms with E-state index >= 15 is 0 Å². The summed E-state index contributed by atoms with van der Waals surface area (Å²) in [6.07, 6.45) is 3.59. The Kier molecular flexibility index (Phi) is 5.07. The van der Waals surface area contributed by atoms with Crippen LogP contribution in [0.25, 0.3) is 0 Å². The van der Waals surface area contributed by atoms with Crippen LogP contribution in [0.1, 0.15) is 35.3 Å². The first-order valence-electron chi connectivity index (χ1n) is 8.45. The van der Waals surface area contributed by atoms with Crippen LogP contribution in [-0.4, -0.2) is 35.9 Å². The van der Waals surface area contributed by atoms with E-state index in [-0.39, 0.29) is 11.8 Å². The predicted octanol–water partition coefficient (Wildman–Crippen LogP) is 2.38. The van der Waals surface area contributed by atoms with Crippen LogP contribution in [0, 0.1) is 0 Å². The molecule has 0 unspecified atom stereocenters. The Morgan fingerprint density at radius 1 is 1.32 bits per heavy atom. The van der Waals surface area contributed by atoms with Crippen LogP contribution in [0.4, 0.5) is 0 Å². The number of hydrogen-bond acceptors (Lipinski definition) is 4. The highest BCUT2D eigenvalue weighted by Crippen LogP contribution is 2.24.